The Bertz CT molecular complexity index is 1230. The van der Waals surface area contributed by atoms with Crippen molar-refractivity contribution in [1.82, 2.24) is 20.3 Å². The van der Waals surface area contributed by atoms with E-state index >= 15 is 0 Å². The van der Waals surface area contributed by atoms with Crippen molar-refractivity contribution in [3.8, 4) is 28.1 Å². The number of hydrogen-bond donors (Lipinski definition) is 2. The minimum absolute atomic E-state index is 0. The molecule has 9 heteroatoms. The zero-order valence-corrected chi connectivity index (χ0v) is 18.5. The predicted octanol–water partition coefficient (Wildman–Crippen LogP) is 4.87. The molecule has 4 heterocycles. The highest BCUT2D eigenvalue weighted by atomic mass is 35.5. The average Bonchev–Trinajstić information content (AvgIpc) is 3.19. The van der Waals surface area contributed by atoms with Crippen LogP contribution in [0.25, 0.3) is 33.4 Å². The van der Waals surface area contributed by atoms with E-state index in [0.717, 1.165) is 17.6 Å². The van der Waals surface area contributed by atoms with E-state index in [9.17, 15) is 4.39 Å². The van der Waals surface area contributed by atoms with Crippen molar-refractivity contribution in [2.45, 2.75) is 6.04 Å². The number of aromatic nitrogens is 3. The van der Waals surface area contributed by atoms with E-state index in [2.05, 4.69) is 20.3 Å². The van der Waals surface area contributed by atoms with Crippen molar-refractivity contribution < 1.29 is 13.9 Å². The van der Waals surface area contributed by atoms with E-state index in [0.29, 0.717) is 52.9 Å². The third-order valence-electron chi connectivity index (χ3n) is 5.24. The molecule has 0 saturated carbocycles. The van der Waals surface area contributed by atoms with Crippen LogP contribution in [0.2, 0.25) is 5.02 Å². The van der Waals surface area contributed by atoms with Crippen LogP contribution in [0.4, 0.5) is 4.39 Å². The number of morpholine rings is 1. The zero-order valence-electron chi connectivity index (χ0n) is 17.0. The van der Waals surface area contributed by atoms with Gasteiger partial charge in [0.1, 0.15) is 18.2 Å². The second-order valence-corrected chi connectivity index (χ2v) is 7.74. The first-order chi connectivity index (χ1) is 15.2. The standard InChI is InChI=1S/C23H20ClFN4O2.ClH/c24-14-3-4-18(25)17(10-14)21-22(29-19-2-1-6-28-23(19)21)16-5-7-26-11-20(16)31-13-15-12-30-9-8-27-15;/h1-7,10-11,15,27,29H,8-9,12-13H2;1H. The third-order valence-corrected chi connectivity index (χ3v) is 5.48. The first-order valence-electron chi connectivity index (χ1n) is 10.0. The first kappa shape index (κ1) is 22.5. The molecule has 1 aliphatic rings. The normalized spacial score (nSPS) is 16.0. The van der Waals surface area contributed by atoms with E-state index in [1.54, 1.807) is 24.7 Å². The number of pyridine rings is 2. The molecule has 1 aliphatic heterocycles. The van der Waals surface area contributed by atoms with Crippen molar-refractivity contribution in [1.29, 1.82) is 0 Å². The highest BCUT2D eigenvalue weighted by Gasteiger charge is 2.22. The fourth-order valence-electron chi connectivity index (χ4n) is 3.79. The van der Waals surface area contributed by atoms with Gasteiger partial charge in [0.25, 0.3) is 0 Å². The number of fused-ring (bicyclic) bond motifs is 1. The molecular formula is C23H21Cl2FN4O2. The SMILES string of the molecule is Cl.Fc1ccc(Cl)cc1-c1c(-c2ccncc2OCC2COCCN2)[nH]c2cccnc12. The van der Waals surface area contributed by atoms with Crippen molar-refractivity contribution in [3.63, 3.8) is 0 Å². The molecule has 1 saturated heterocycles. The fraction of sp³-hybridized carbons (Fsp3) is 0.217. The molecule has 3 aromatic heterocycles. The Hall–Kier alpha value is -2.71. The minimum atomic E-state index is -0.378. The summed E-state index contributed by atoms with van der Waals surface area (Å²) in [7, 11) is 0. The summed E-state index contributed by atoms with van der Waals surface area (Å²) in [4.78, 5) is 12.1. The van der Waals surface area contributed by atoms with Crippen LogP contribution in [0.15, 0.2) is 55.0 Å². The lowest BCUT2D eigenvalue weighted by Crippen LogP contribution is -2.44. The molecule has 0 amide bonds. The van der Waals surface area contributed by atoms with Gasteiger partial charge in [0, 0.05) is 40.7 Å². The van der Waals surface area contributed by atoms with Crippen molar-refractivity contribution >= 4 is 35.0 Å². The maximum atomic E-state index is 14.9. The number of rotatable bonds is 5. The zero-order chi connectivity index (χ0) is 21.2. The summed E-state index contributed by atoms with van der Waals surface area (Å²) in [6, 6.07) is 10.2. The van der Waals surface area contributed by atoms with Gasteiger partial charge in [-0.05, 0) is 36.4 Å². The minimum Gasteiger partial charge on any atom is -0.490 e. The molecule has 0 bridgehead atoms. The van der Waals surface area contributed by atoms with Gasteiger partial charge in [0.2, 0.25) is 0 Å². The molecule has 32 heavy (non-hydrogen) atoms. The van der Waals surface area contributed by atoms with Gasteiger partial charge in [0.15, 0.2) is 0 Å². The number of aromatic amines is 1. The van der Waals surface area contributed by atoms with Crippen LogP contribution in [0.5, 0.6) is 5.75 Å². The lowest BCUT2D eigenvalue weighted by molar-refractivity contribution is 0.0593. The van der Waals surface area contributed by atoms with Gasteiger partial charge in [-0.1, -0.05) is 11.6 Å². The Morgan fingerprint density at radius 2 is 2.09 bits per heavy atom. The quantitative estimate of drug-likeness (QED) is 0.431. The highest BCUT2D eigenvalue weighted by Crippen LogP contribution is 2.42. The summed E-state index contributed by atoms with van der Waals surface area (Å²) >= 11 is 6.20. The third kappa shape index (κ3) is 4.42. The molecular weight excluding hydrogens is 454 g/mol. The molecule has 1 unspecified atom stereocenters. The van der Waals surface area contributed by atoms with Gasteiger partial charge < -0.3 is 19.8 Å². The van der Waals surface area contributed by atoms with Gasteiger partial charge in [0.05, 0.1) is 42.2 Å². The molecule has 0 spiro atoms. The van der Waals surface area contributed by atoms with Gasteiger partial charge >= 0.3 is 0 Å². The molecule has 0 aliphatic carbocycles. The van der Waals surface area contributed by atoms with Crippen molar-refractivity contribution in [2.75, 3.05) is 26.4 Å². The summed E-state index contributed by atoms with van der Waals surface area (Å²) in [6.07, 6.45) is 5.03. The summed E-state index contributed by atoms with van der Waals surface area (Å²) in [5.41, 5.74) is 3.91. The van der Waals surface area contributed by atoms with Gasteiger partial charge in [-0.25, -0.2) is 4.39 Å². The molecule has 5 rings (SSSR count). The Kier molecular flexibility index (Phi) is 6.91. The average molecular weight is 475 g/mol. The topological polar surface area (TPSA) is 72.1 Å². The lowest BCUT2D eigenvalue weighted by Gasteiger charge is -2.24. The largest absolute Gasteiger partial charge is 0.490 e. The smallest absolute Gasteiger partial charge is 0.146 e. The van der Waals surface area contributed by atoms with E-state index in [1.165, 1.54) is 12.1 Å². The molecule has 4 aromatic rings. The monoisotopic (exact) mass is 474 g/mol. The second kappa shape index (κ2) is 9.83. The number of benzene rings is 1. The van der Waals surface area contributed by atoms with Crippen LogP contribution in [0.1, 0.15) is 0 Å². The van der Waals surface area contributed by atoms with Crippen LogP contribution >= 0.6 is 24.0 Å². The van der Waals surface area contributed by atoms with Crippen LogP contribution in [-0.4, -0.2) is 47.4 Å². The highest BCUT2D eigenvalue weighted by molar-refractivity contribution is 6.31. The number of ether oxygens (including phenoxy) is 2. The second-order valence-electron chi connectivity index (χ2n) is 7.31. The fourth-order valence-corrected chi connectivity index (χ4v) is 3.97. The summed E-state index contributed by atoms with van der Waals surface area (Å²) < 4.78 is 26.5. The van der Waals surface area contributed by atoms with Gasteiger partial charge in [-0.2, -0.15) is 0 Å². The number of H-pyrrole nitrogens is 1. The summed E-state index contributed by atoms with van der Waals surface area (Å²) in [5.74, 6) is 0.211. The van der Waals surface area contributed by atoms with E-state index in [-0.39, 0.29) is 24.3 Å². The Labute approximate surface area is 195 Å². The van der Waals surface area contributed by atoms with Crippen LogP contribution in [-0.2, 0) is 4.74 Å². The van der Waals surface area contributed by atoms with E-state index < -0.39 is 0 Å². The summed E-state index contributed by atoms with van der Waals surface area (Å²) in [6.45, 7) is 2.51. The molecule has 6 nitrogen and oxygen atoms in total. The first-order valence-corrected chi connectivity index (χ1v) is 10.4. The van der Waals surface area contributed by atoms with Crippen LogP contribution < -0.4 is 10.1 Å². The number of nitrogens with zero attached hydrogens (tertiary/aromatic N) is 2. The molecule has 1 fully saturated rings. The molecule has 166 valence electrons. The van der Waals surface area contributed by atoms with Crippen molar-refractivity contribution in [3.05, 3.63) is 65.8 Å². The number of hydrogen-bond acceptors (Lipinski definition) is 5. The molecule has 0 radical (unpaired) electrons. The van der Waals surface area contributed by atoms with E-state index in [1.807, 2.05) is 18.2 Å². The Morgan fingerprint density at radius 1 is 1.19 bits per heavy atom. The Morgan fingerprint density at radius 3 is 2.94 bits per heavy atom. The number of halogens is 3. The summed E-state index contributed by atoms with van der Waals surface area (Å²) in [5, 5.41) is 3.82. The molecule has 2 N–H and O–H groups in total. The maximum absolute atomic E-state index is 14.9. The molecule has 1 aromatic carbocycles. The molecule has 1 atom stereocenters. The lowest BCUT2D eigenvalue weighted by atomic mass is 10.00. The van der Waals surface area contributed by atoms with Crippen LogP contribution in [0.3, 0.4) is 0 Å². The predicted molar refractivity (Wildman–Crippen MR) is 125 cm³/mol. The van der Waals surface area contributed by atoms with Gasteiger partial charge in [-0.3, -0.25) is 9.97 Å². The van der Waals surface area contributed by atoms with Crippen LogP contribution in [0, 0.1) is 5.82 Å². The number of nitrogens with one attached hydrogen (secondary N) is 2. The van der Waals surface area contributed by atoms with Crippen molar-refractivity contribution in [2.24, 2.45) is 0 Å². The Balaban J connectivity index is 0.00000245. The maximum Gasteiger partial charge on any atom is 0.146 e. The van der Waals surface area contributed by atoms with Gasteiger partial charge in [-0.15, -0.1) is 12.4 Å². The van der Waals surface area contributed by atoms with E-state index in [4.69, 9.17) is 21.1 Å².